The third-order valence-electron chi connectivity index (χ3n) is 4.45. The summed E-state index contributed by atoms with van der Waals surface area (Å²) in [7, 11) is 0. The summed E-state index contributed by atoms with van der Waals surface area (Å²) in [5.41, 5.74) is 2.76. The van der Waals surface area contributed by atoms with Gasteiger partial charge in [-0.2, -0.15) is 0 Å². The molecule has 1 saturated heterocycles. The molecule has 0 radical (unpaired) electrons. The fourth-order valence-electron chi connectivity index (χ4n) is 3.05. The van der Waals surface area contributed by atoms with Gasteiger partial charge < -0.3 is 14.7 Å². The van der Waals surface area contributed by atoms with E-state index in [9.17, 15) is 9.18 Å². The maximum Gasteiger partial charge on any atom is 0.233 e. The highest BCUT2D eigenvalue weighted by molar-refractivity contribution is 7.99. The molecule has 2 heterocycles. The molecule has 0 bridgehead atoms. The molecule has 0 aliphatic carbocycles. The van der Waals surface area contributed by atoms with Gasteiger partial charge in [-0.25, -0.2) is 4.39 Å². The number of halogens is 2. The second-order valence-electron chi connectivity index (χ2n) is 6.16. The van der Waals surface area contributed by atoms with Gasteiger partial charge in [0, 0.05) is 31.0 Å². The Kier molecular flexibility index (Phi) is 7.49. The van der Waals surface area contributed by atoms with Gasteiger partial charge in [0.1, 0.15) is 11.6 Å². The van der Waals surface area contributed by atoms with Crippen LogP contribution in [0.5, 0.6) is 0 Å². The molecule has 5 nitrogen and oxygen atoms in total. The highest BCUT2D eigenvalue weighted by atomic mass is 35.5. The lowest BCUT2D eigenvalue weighted by Gasteiger charge is -2.36. The lowest BCUT2D eigenvalue weighted by molar-refractivity contribution is -0.131. The normalized spacial score (nSPS) is 17.0. The van der Waals surface area contributed by atoms with Crippen molar-refractivity contribution in [2.24, 2.45) is 0 Å². The molecular formula is C18H23ClFN3O2S. The Balaban J connectivity index is 0.00000243. The molecule has 1 N–H and O–H groups in total. The van der Waals surface area contributed by atoms with Crippen molar-refractivity contribution in [3.63, 3.8) is 0 Å². The molecule has 3 rings (SSSR count). The zero-order chi connectivity index (χ0) is 17.8. The van der Waals surface area contributed by atoms with Crippen molar-refractivity contribution in [2.75, 3.05) is 25.4 Å². The number of hydrogen-bond acceptors (Lipinski definition) is 5. The first-order valence-electron chi connectivity index (χ1n) is 8.31. The molecule has 1 aliphatic rings. The smallest absolute Gasteiger partial charge is 0.233 e. The maximum absolute atomic E-state index is 13.5. The standard InChI is InChI=1S/C18H22FN3O2S.ClH/c1-12-16(13(2)24-21-12)10-25-11-18(23)22-7-6-20-9-17(22)14-4-3-5-15(19)8-14;/h3-5,8,17,20H,6-7,9-11H2,1-2H3;1H. The second kappa shape index (κ2) is 9.39. The fraction of sp³-hybridized carbons (Fsp3) is 0.444. The number of hydrogen-bond donors (Lipinski definition) is 1. The summed E-state index contributed by atoms with van der Waals surface area (Å²) in [6, 6.07) is 6.36. The van der Waals surface area contributed by atoms with Crippen molar-refractivity contribution in [3.05, 3.63) is 52.7 Å². The average molecular weight is 400 g/mol. The number of aryl methyl sites for hydroxylation is 2. The Labute approximate surface area is 163 Å². The average Bonchev–Trinajstić information content (AvgIpc) is 2.93. The van der Waals surface area contributed by atoms with Gasteiger partial charge in [-0.15, -0.1) is 24.2 Å². The zero-order valence-electron chi connectivity index (χ0n) is 14.8. The van der Waals surface area contributed by atoms with E-state index in [0.29, 0.717) is 24.6 Å². The Morgan fingerprint density at radius 2 is 2.27 bits per heavy atom. The van der Waals surface area contributed by atoms with Crippen molar-refractivity contribution in [1.82, 2.24) is 15.4 Å². The number of nitrogens with zero attached hydrogens (tertiary/aromatic N) is 2. The highest BCUT2D eigenvalue weighted by Gasteiger charge is 2.28. The number of nitrogens with one attached hydrogen (secondary N) is 1. The summed E-state index contributed by atoms with van der Waals surface area (Å²) in [5.74, 6) is 1.69. The minimum atomic E-state index is -0.275. The van der Waals surface area contributed by atoms with E-state index in [2.05, 4.69) is 10.5 Å². The number of thioether (sulfide) groups is 1. The number of amides is 1. The summed E-state index contributed by atoms with van der Waals surface area (Å²) in [6.45, 7) is 5.82. The van der Waals surface area contributed by atoms with Crippen LogP contribution in [-0.4, -0.2) is 41.4 Å². The first-order chi connectivity index (χ1) is 12.1. The molecule has 0 saturated carbocycles. The van der Waals surface area contributed by atoms with Crippen LogP contribution in [0, 0.1) is 19.7 Å². The van der Waals surface area contributed by atoms with E-state index >= 15 is 0 Å². The van der Waals surface area contributed by atoms with Gasteiger partial charge >= 0.3 is 0 Å². The molecule has 26 heavy (non-hydrogen) atoms. The molecule has 1 aliphatic heterocycles. The molecule has 1 aromatic heterocycles. The van der Waals surface area contributed by atoms with E-state index in [1.54, 1.807) is 17.8 Å². The van der Waals surface area contributed by atoms with Gasteiger partial charge in [0.15, 0.2) is 0 Å². The zero-order valence-corrected chi connectivity index (χ0v) is 16.5. The molecular weight excluding hydrogens is 377 g/mol. The van der Waals surface area contributed by atoms with Gasteiger partial charge in [0.25, 0.3) is 0 Å². The van der Waals surface area contributed by atoms with E-state index in [4.69, 9.17) is 4.52 Å². The maximum atomic E-state index is 13.5. The molecule has 142 valence electrons. The number of carbonyl (C=O) groups excluding carboxylic acids is 1. The second-order valence-corrected chi connectivity index (χ2v) is 7.14. The summed E-state index contributed by atoms with van der Waals surface area (Å²) in [6.07, 6.45) is 0. The summed E-state index contributed by atoms with van der Waals surface area (Å²) >= 11 is 1.56. The first-order valence-corrected chi connectivity index (χ1v) is 9.47. The van der Waals surface area contributed by atoms with Crippen molar-refractivity contribution >= 4 is 30.1 Å². The largest absolute Gasteiger partial charge is 0.361 e. The number of piperazine rings is 1. The summed E-state index contributed by atoms with van der Waals surface area (Å²) in [4.78, 5) is 14.6. The summed E-state index contributed by atoms with van der Waals surface area (Å²) < 4.78 is 18.7. The molecule has 1 unspecified atom stereocenters. The van der Waals surface area contributed by atoms with Crippen LogP contribution in [0.2, 0.25) is 0 Å². The lowest BCUT2D eigenvalue weighted by Crippen LogP contribution is -2.49. The Bertz CT molecular complexity index is 736. The van der Waals surface area contributed by atoms with Crippen molar-refractivity contribution in [2.45, 2.75) is 25.6 Å². The predicted molar refractivity (Wildman–Crippen MR) is 103 cm³/mol. The molecule has 2 aromatic rings. The molecule has 1 fully saturated rings. The minimum absolute atomic E-state index is 0. The predicted octanol–water partition coefficient (Wildman–Crippen LogP) is 3.26. The van der Waals surface area contributed by atoms with Crippen molar-refractivity contribution < 1.29 is 13.7 Å². The van der Waals surface area contributed by atoms with E-state index in [-0.39, 0.29) is 30.2 Å². The van der Waals surface area contributed by atoms with E-state index in [0.717, 1.165) is 29.1 Å². The lowest BCUT2D eigenvalue weighted by atomic mass is 10.0. The molecule has 1 aromatic carbocycles. The molecule has 8 heteroatoms. The van der Waals surface area contributed by atoms with Crippen LogP contribution >= 0.6 is 24.2 Å². The molecule has 1 atom stereocenters. The van der Waals surface area contributed by atoms with Gasteiger partial charge in [0.2, 0.25) is 5.91 Å². The van der Waals surface area contributed by atoms with Crippen LogP contribution in [0.3, 0.4) is 0 Å². The van der Waals surface area contributed by atoms with E-state index in [1.807, 2.05) is 24.8 Å². The minimum Gasteiger partial charge on any atom is -0.361 e. The Hall–Kier alpha value is -1.57. The molecule has 0 spiro atoms. The van der Waals surface area contributed by atoms with Crippen molar-refractivity contribution in [1.29, 1.82) is 0 Å². The third kappa shape index (κ3) is 4.78. The van der Waals surface area contributed by atoms with E-state index < -0.39 is 0 Å². The van der Waals surface area contributed by atoms with Crippen LogP contribution in [0.4, 0.5) is 4.39 Å². The topological polar surface area (TPSA) is 58.4 Å². The number of carbonyl (C=O) groups is 1. The summed E-state index contributed by atoms with van der Waals surface area (Å²) in [5, 5.41) is 7.22. The number of benzene rings is 1. The van der Waals surface area contributed by atoms with Gasteiger partial charge in [-0.05, 0) is 31.5 Å². The van der Waals surface area contributed by atoms with Crippen LogP contribution < -0.4 is 5.32 Å². The first kappa shape index (κ1) is 20.7. The van der Waals surface area contributed by atoms with Gasteiger partial charge in [0.05, 0.1) is 17.5 Å². The Morgan fingerprint density at radius 3 is 2.96 bits per heavy atom. The highest BCUT2D eigenvalue weighted by Crippen LogP contribution is 2.25. The number of rotatable bonds is 5. The quantitative estimate of drug-likeness (QED) is 0.836. The van der Waals surface area contributed by atoms with Gasteiger partial charge in [-0.1, -0.05) is 17.3 Å². The SMILES string of the molecule is Cc1noc(C)c1CSCC(=O)N1CCNCC1c1cccc(F)c1.Cl. The van der Waals surface area contributed by atoms with Crippen molar-refractivity contribution in [3.8, 4) is 0 Å². The van der Waals surface area contributed by atoms with Crippen LogP contribution in [0.1, 0.15) is 28.6 Å². The Morgan fingerprint density at radius 1 is 1.46 bits per heavy atom. The van der Waals surface area contributed by atoms with Crippen LogP contribution in [0.15, 0.2) is 28.8 Å². The molecule has 1 amide bonds. The third-order valence-corrected chi connectivity index (χ3v) is 5.39. The van der Waals surface area contributed by atoms with Gasteiger partial charge in [-0.3, -0.25) is 4.79 Å². The van der Waals surface area contributed by atoms with Crippen LogP contribution in [0.25, 0.3) is 0 Å². The number of aromatic nitrogens is 1. The monoisotopic (exact) mass is 399 g/mol. The fourth-order valence-corrected chi connectivity index (χ4v) is 4.10. The van der Waals surface area contributed by atoms with E-state index in [1.165, 1.54) is 12.1 Å². The van der Waals surface area contributed by atoms with Crippen LogP contribution in [-0.2, 0) is 10.5 Å².